The van der Waals surface area contributed by atoms with E-state index in [1.54, 1.807) is 22.4 Å². The lowest BCUT2D eigenvalue weighted by Gasteiger charge is -2.33. The molecule has 29 heavy (non-hydrogen) atoms. The van der Waals surface area contributed by atoms with Crippen LogP contribution in [-0.2, 0) is 11.3 Å². The molecule has 3 aromatic rings. The number of alkyl halides is 3. The highest BCUT2D eigenvalue weighted by molar-refractivity contribution is 7.15. The second-order valence-corrected chi connectivity index (χ2v) is 8.63. The fraction of sp³-hybridized carbons (Fsp3) is 0.429. The summed E-state index contributed by atoms with van der Waals surface area (Å²) in [4.78, 5) is 11.9. The molecule has 0 saturated carbocycles. The molecule has 1 aromatic carbocycles. The topological polar surface area (TPSA) is 38.2 Å². The van der Waals surface area contributed by atoms with Crippen molar-refractivity contribution >= 4 is 22.2 Å². The van der Waals surface area contributed by atoms with Crippen LogP contribution >= 0.6 is 11.3 Å². The van der Waals surface area contributed by atoms with Crippen LogP contribution in [0, 0.1) is 0 Å². The molecular weight excluding hydrogens is 399 g/mol. The monoisotopic (exact) mass is 421 g/mol. The van der Waals surface area contributed by atoms with E-state index in [9.17, 15) is 13.2 Å². The van der Waals surface area contributed by atoms with Crippen LogP contribution in [0.2, 0.25) is 0 Å². The maximum atomic E-state index is 13.0. The molecule has 0 bridgehead atoms. The lowest BCUT2D eigenvalue weighted by Crippen LogP contribution is -2.48. The third-order valence-electron chi connectivity index (χ3n) is 5.01. The number of pyridine rings is 1. The Morgan fingerprint density at radius 1 is 1.24 bits per heavy atom. The number of halogens is 3. The Hall–Kier alpha value is -2.03. The van der Waals surface area contributed by atoms with E-state index in [1.165, 1.54) is 0 Å². The van der Waals surface area contributed by atoms with Gasteiger partial charge in [-0.2, -0.15) is 13.2 Å². The minimum Gasteiger partial charge on any atom is -0.366 e. The zero-order valence-electron chi connectivity index (χ0n) is 16.2. The number of fused-ring (bicyclic) bond motifs is 1. The molecule has 4 rings (SSSR count). The molecule has 154 valence electrons. The number of hydrogen-bond acceptors (Lipinski definition) is 5. The quantitative estimate of drug-likeness (QED) is 0.577. The summed E-state index contributed by atoms with van der Waals surface area (Å²) in [5, 5.41) is 2.11. The Bertz CT molecular complexity index is 1000. The van der Waals surface area contributed by atoms with Crippen molar-refractivity contribution in [2.75, 3.05) is 19.7 Å². The highest BCUT2D eigenvalue weighted by Gasteiger charge is 2.43. The van der Waals surface area contributed by atoms with Crippen LogP contribution < -0.4 is 0 Å². The minimum atomic E-state index is -4.33. The fourth-order valence-corrected chi connectivity index (χ4v) is 4.45. The van der Waals surface area contributed by atoms with Crippen molar-refractivity contribution < 1.29 is 17.9 Å². The highest BCUT2D eigenvalue weighted by Crippen LogP contribution is 2.34. The third-order valence-corrected chi connectivity index (χ3v) is 6.34. The first-order valence-corrected chi connectivity index (χ1v) is 10.4. The van der Waals surface area contributed by atoms with Crippen LogP contribution in [-0.4, -0.2) is 46.8 Å². The van der Waals surface area contributed by atoms with Gasteiger partial charge in [-0.05, 0) is 17.7 Å². The Morgan fingerprint density at radius 2 is 2.07 bits per heavy atom. The number of benzene rings is 1. The van der Waals surface area contributed by atoms with Crippen LogP contribution in [0.3, 0.4) is 0 Å². The summed E-state index contributed by atoms with van der Waals surface area (Å²) in [5.74, 6) is 0.377. The van der Waals surface area contributed by atoms with Crippen molar-refractivity contribution in [1.29, 1.82) is 0 Å². The molecule has 1 saturated heterocycles. The van der Waals surface area contributed by atoms with Gasteiger partial charge in [0.15, 0.2) is 6.10 Å². The molecule has 0 aliphatic carbocycles. The molecule has 1 aliphatic rings. The minimum absolute atomic E-state index is 0.0870. The van der Waals surface area contributed by atoms with E-state index in [4.69, 9.17) is 4.74 Å². The van der Waals surface area contributed by atoms with E-state index in [0.29, 0.717) is 19.0 Å². The van der Waals surface area contributed by atoms with Gasteiger partial charge in [-0.3, -0.25) is 9.88 Å². The number of hydrogen-bond donors (Lipinski definition) is 0. The van der Waals surface area contributed by atoms with Crippen LogP contribution in [0.25, 0.3) is 21.3 Å². The molecule has 2 aromatic heterocycles. The van der Waals surface area contributed by atoms with Gasteiger partial charge >= 0.3 is 6.18 Å². The Labute approximate surface area is 171 Å². The van der Waals surface area contributed by atoms with Crippen molar-refractivity contribution in [3.63, 3.8) is 0 Å². The molecule has 1 unspecified atom stereocenters. The first kappa shape index (κ1) is 20.3. The largest absolute Gasteiger partial charge is 0.415 e. The maximum Gasteiger partial charge on any atom is 0.415 e. The molecular formula is C21H22F3N3OS. The number of rotatable bonds is 4. The summed E-state index contributed by atoms with van der Waals surface area (Å²) >= 11 is 1.68. The van der Waals surface area contributed by atoms with E-state index >= 15 is 0 Å². The Balaban J connectivity index is 1.57. The van der Waals surface area contributed by atoms with Crippen molar-refractivity contribution in [3.05, 3.63) is 47.2 Å². The summed E-state index contributed by atoms with van der Waals surface area (Å²) in [5.41, 5.74) is 2.85. The first-order valence-electron chi connectivity index (χ1n) is 9.55. The molecule has 1 aliphatic heterocycles. The average molecular weight is 421 g/mol. The number of nitrogens with zero attached hydrogens (tertiary/aromatic N) is 3. The zero-order valence-corrected chi connectivity index (χ0v) is 17.1. The van der Waals surface area contributed by atoms with Gasteiger partial charge in [0.25, 0.3) is 0 Å². The summed E-state index contributed by atoms with van der Waals surface area (Å²) in [6.07, 6.45) is -2.39. The van der Waals surface area contributed by atoms with E-state index in [2.05, 4.69) is 23.8 Å². The smallest absolute Gasteiger partial charge is 0.366 e. The van der Waals surface area contributed by atoms with Gasteiger partial charge in [-0.1, -0.05) is 26.0 Å². The predicted octanol–water partition coefficient (Wildman–Crippen LogP) is 5.24. The second-order valence-electron chi connectivity index (χ2n) is 7.56. The Morgan fingerprint density at radius 3 is 2.79 bits per heavy atom. The fourth-order valence-electron chi connectivity index (χ4n) is 3.49. The van der Waals surface area contributed by atoms with Crippen molar-refractivity contribution in [2.24, 2.45) is 0 Å². The van der Waals surface area contributed by atoms with Crippen LogP contribution in [0.1, 0.15) is 30.3 Å². The van der Waals surface area contributed by atoms with E-state index in [-0.39, 0.29) is 13.2 Å². The molecule has 3 heterocycles. The molecule has 1 atom stereocenters. The second kappa shape index (κ2) is 8.01. The molecule has 0 spiro atoms. The molecule has 4 nitrogen and oxygen atoms in total. The van der Waals surface area contributed by atoms with Gasteiger partial charge in [0.05, 0.1) is 22.0 Å². The molecule has 1 fully saturated rings. The number of thiazole rings is 1. The van der Waals surface area contributed by atoms with E-state index in [0.717, 1.165) is 31.9 Å². The summed E-state index contributed by atoms with van der Waals surface area (Å²) < 4.78 is 43.7. The summed E-state index contributed by atoms with van der Waals surface area (Å²) in [6, 6.07) is 7.91. The van der Waals surface area contributed by atoms with Gasteiger partial charge in [-0.25, -0.2) is 4.98 Å². The van der Waals surface area contributed by atoms with Gasteiger partial charge in [0, 0.05) is 48.9 Å². The Kier molecular flexibility index (Phi) is 5.59. The normalized spacial score (nSPS) is 18.6. The number of ether oxygens (including phenoxy) is 1. The summed E-state index contributed by atoms with van der Waals surface area (Å²) in [6.45, 7) is 5.10. The molecule has 0 radical (unpaired) electrons. The highest BCUT2D eigenvalue weighted by atomic mass is 32.1. The lowest BCUT2D eigenvalue weighted by atomic mass is 10.1. The maximum absolute atomic E-state index is 13.0. The van der Waals surface area contributed by atoms with Crippen LogP contribution in [0.5, 0.6) is 0 Å². The van der Waals surface area contributed by atoms with Gasteiger partial charge in [0.2, 0.25) is 0 Å². The van der Waals surface area contributed by atoms with Gasteiger partial charge < -0.3 is 4.74 Å². The van der Waals surface area contributed by atoms with Crippen molar-refractivity contribution in [3.8, 4) is 10.4 Å². The zero-order chi connectivity index (χ0) is 20.6. The number of morpholine rings is 1. The third kappa shape index (κ3) is 4.44. The van der Waals surface area contributed by atoms with Crippen LogP contribution in [0.4, 0.5) is 13.2 Å². The molecule has 0 N–H and O–H groups in total. The van der Waals surface area contributed by atoms with E-state index in [1.807, 2.05) is 30.5 Å². The average Bonchev–Trinajstić information content (AvgIpc) is 3.17. The van der Waals surface area contributed by atoms with E-state index < -0.39 is 12.3 Å². The van der Waals surface area contributed by atoms with Gasteiger partial charge in [-0.15, -0.1) is 11.3 Å². The predicted molar refractivity (Wildman–Crippen MR) is 108 cm³/mol. The SMILES string of the molecule is CC(C)c1ncc(-c2ccnc3cc(CN4CCOC(C(F)(F)F)C4)ccc23)s1. The van der Waals surface area contributed by atoms with Crippen molar-refractivity contribution in [1.82, 2.24) is 14.9 Å². The lowest BCUT2D eigenvalue weighted by molar-refractivity contribution is -0.237. The van der Waals surface area contributed by atoms with Crippen LogP contribution in [0.15, 0.2) is 36.7 Å². The standard InChI is InChI=1S/C21H22F3N3OS/c1-13(2)20-26-10-18(29-20)16-5-6-25-17-9-14(3-4-15(16)17)11-27-7-8-28-19(12-27)21(22,23)24/h3-6,9-10,13,19H,7-8,11-12H2,1-2H3. The molecule has 8 heteroatoms. The van der Waals surface area contributed by atoms with Crippen molar-refractivity contribution in [2.45, 2.75) is 38.6 Å². The number of aromatic nitrogens is 2. The summed E-state index contributed by atoms with van der Waals surface area (Å²) in [7, 11) is 0. The molecule has 0 amide bonds. The van der Waals surface area contributed by atoms with Gasteiger partial charge in [0.1, 0.15) is 0 Å². The first-order chi connectivity index (χ1) is 13.8.